The Kier molecular flexibility index (Phi) is 4.50. The van der Waals surface area contributed by atoms with E-state index in [1.165, 1.54) is 19.3 Å². The molecule has 90 valence electrons. The molecule has 0 amide bonds. The first-order valence-corrected chi connectivity index (χ1v) is 7.19. The molecule has 0 aromatic rings. The van der Waals surface area contributed by atoms with E-state index < -0.39 is 5.60 Å². The molecular weight excluding hydrogens is 206 g/mol. The third kappa shape index (κ3) is 4.75. The van der Waals surface area contributed by atoms with Crippen LogP contribution in [-0.2, 0) is 0 Å². The van der Waals surface area contributed by atoms with Crippen LogP contribution in [-0.4, -0.2) is 35.3 Å². The van der Waals surface area contributed by atoms with Gasteiger partial charge in [0.1, 0.15) is 0 Å². The van der Waals surface area contributed by atoms with Gasteiger partial charge in [-0.1, -0.05) is 13.8 Å². The molecule has 1 rings (SSSR count). The predicted octanol–water partition coefficient (Wildman–Crippen LogP) is 2.27. The fourth-order valence-electron chi connectivity index (χ4n) is 2.34. The van der Waals surface area contributed by atoms with Crippen LogP contribution in [0.15, 0.2) is 0 Å². The summed E-state index contributed by atoms with van der Waals surface area (Å²) in [6, 6.07) is 0.605. The maximum Gasteiger partial charge on any atom is 0.0833 e. The van der Waals surface area contributed by atoms with Crippen molar-refractivity contribution in [3.63, 3.8) is 0 Å². The van der Waals surface area contributed by atoms with Crippen molar-refractivity contribution in [2.45, 2.75) is 51.7 Å². The Labute approximate surface area is 98.2 Å². The van der Waals surface area contributed by atoms with Crippen molar-refractivity contribution >= 4 is 11.8 Å². The molecule has 1 fully saturated rings. The Morgan fingerprint density at radius 3 is 2.67 bits per heavy atom. The van der Waals surface area contributed by atoms with Gasteiger partial charge in [-0.25, -0.2) is 0 Å². The second kappa shape index (κ2) is 5.07. The molecule has 0 heterocycles. The fourth-order valence-corrected chi connectivity index (χ4v) is 3.06. The highest BCUT2D eigenvalue weighted by molar-refractivity contribution is 7.98. The maximum absolute atomic E-state index is 10.0. The number of thioether (sulfide) groups is 1. The van der Waals surface area contributed by atoms with Gasteiger partial charge in [-0.15, -0.1) is 0 Å². The van der Waals surface area contributed by atoms with E-state index in [4.69, 9.17) is 0 Å². The Balaban J connectivity index is 2.26. The minimum Gasteiger partial charge on any atom is -0.388 e. The molecule has 0 aliphatic heterocycles. The summed E-state index contributed by atoms with van der Waals surface area (Å²) in [5.41, 5.74) is -0.0742. The highest BCUT2D eigenvalue weighted by Crippen LogP contribution is 2.36. The monoisotopic (exact) mass is 231 g/mol. The van der Waals surface area contributed by atoms with Crippen LogP contribution >= 0.6 is 11.8 Å². The van der Waals surface area contributed by atoms with Gasteiger partial charge in [0, 0.05) is 18.3 Å². The summed E-state index contributed by atoms with van der Waals surface area (Å²) in [4.78, 5) is 0. The van der Waals surface area contributed by atoms with Crippen LogP contribution in [0.25, 0.3) is 0 Å². The van der Waals surface area contributed by atoms with Crippen LogP contribution in [0.1, 0.15) is 40.0 Å². The molecule has 2 nitrogen and oxygen atoms in total. The fraction of sp³-hybridized carbons (Fsp3) is 1.00. The third-order valence-electron chi connectivity index (χ3n) is 3.20. The highest BCUT2D eigenvalue weighted by Gasteiger charge is 2.31. The molecule has 3 heteroatoms. The quantitative estimate of drug-likeness (QED) is 0.761. The lowest BCUT2D eigenvalue weighted by atomic mass is 9.92. The summed E-state index contributed by atoms with van der Waals surface area (Å²) >= 11 is 1.70. The number of nitrogens with one attached hydrogen (secondary N) is 1. The van der Waals surface area contributed by atoms with E-state index in [9.17, 15) is 5.11 Å². The van der Waals surface area contributed by atoms with Crippen LogP contribution in [0.2, 0.25) is 0 Å². The number of rotatable bonds is 5. The van der Waals surface area contributed by atoms with Crippen molar-refractivity contribution in [3.05, 3.63) is 0 Å². The second-order valence-corrected chi connectivity index (χ2v) is 6.78. The van der Waals surface area contributed by atoms with Gasteiger partial charge in [0.05, 0.1) is 5.60 Å². The Bertz CT molecular complexity index is 204. The first-order chi connectivity index (χ1) is 6.85. The van der Waals surface area contributed by atoms with E-state index in [2.05, 4.69) is 19.2 Å². The van der Waals surface area contributed by atoms with E-state index in [0.29, 0.717) is 18.0 Å². The number of hydrogen-bond donors (Lipinski definition) is 2. The van der Waals surface area contributed by atoms with Gasteiger partial charge in [-0.3, -0.25) is 0 Å². The first-order valence-electron chi connectivity index (χ1n) is 5.79. The SMILES string of the molecule is CSCC(C)(O)CNC1CCC(C)(C)C1. The summed E-state index contributed by atoms with van der Waals surface area (Å²) < 4.78 is 0. The summed E-state index contributed by atoms with van der Waals surface area (Å²) in [5.74, 6) is 0.802. The van der Waals surface area contributed by atoms with Crippen LogP contribution in [0, 0.1) is 5.41 Å². The van der Waals surface area contributed by atoms with Crippen molar-refractivity contribution in [1.82, 2.24) is 5.32 Å². The molecule has 0 spiro atoms. The molecule has 1 saturated carbocycles. The largest absolute Gasteiger partial charge is 0.388 e. The van der Waals surface area contributed by atoms with Crippen LogP contribution in [0.3, 0.4) is 0 Å². The Hall–Kier alpha value is 0.270. The topological polar surface area (TPSA) is 32.3 Å². The molecule has 0 saturated heterocycles. The van der Waals surface area contributed by atoms with Gasteiger partial charge < -0.3 is 10.4 Å². The second-order valence-electron chi connectivity index (χ2n) is 5.91. The lowest BCUT2D eigenvalue weighted by Crippen LogP contribution is -2.43. The smallest absolute Gasteiger partial charge is 0.0833 e. The Morgan fingerprint density at radius 2 is 2.20 bits per heavy atom. The minimum atomic E-state index is -0.563. The average molecular weight is 231 g/mol. The first kappa shape index (κ1) is 13.3. The maximum atomic E-state index is 10.0. The van der Waals surface area contributed by atoms with Crippen LogP contribution in [0.4, 0.5) is 0 Å². The van der Waals surface area contributed by atoms with E-state index in [1.54, 1.807) is 11.8 Å². The zero-order valence-electron chi connectivity index (χ0n) is 10.5. The lowest BCUT2D eigenvalue weighted by molar-refractivity contribution is 0.0811. The molecule has 0 aromatic carbocycles. The van der Waals surface area contributed by atoms with Gasteiger partial charge in [0.2, 0.25) is 0 Å². The van der Waals surface area contributed by atoms with E-state index >= 15 is 0 Å². The van der Waals surface area contributed by atoms with E-state index in [1.807, 2.05) is 13.2 Å². The molecule has 15 heavy (non-hydrogen) atoms. The van der Waals surface area contributed by atoms with Gasteiger partial charge >= 0.3 is 0 Å². The van der Waals surface area contributed by atoms with Crippen molar-refractivity contribution < 1.29 is 5.11 Å². The summed E-state index contributed by atoms with van der Waals surface area (Å²) in [5, 5.41) is 13.5. The predicted molar refractivity (Wildman–Crippen MR) is 68.4 cm³/mol. The normalized spacial score (nSPS) is 29.0. The summed E-state index contributed by atoms with van der Waals surface area (Å²) in [7, 11) is 0. The van der Waals surface area contributed by atoms with Crippen molar-refractivity contribution in [3.8, 4) is 0 Å². The molecule has 0 bridgehead atoms. The van der Waals surface area contributed by atoms with Gasteiger partial charge in [-0.05, 0) is 37.9 Å². The molecular formula is C12H25NOS. The summed E-state index contributed by atoms with van der Waals surface area (Å²) in [6.45, 7) is 7.29. The van der Waals surface area contributed by atoms with Gasteiger partial charge in [-0.2, -0.15) is 11.8 Å². The standard InChI is InChI=1S/C12H25NOS/c1-11(2)6-5-10(7-11)13-8-12(3,14)9-15-4/h10,13-14H,5-9H2,1-4H3. The van der Waals surface area contributed by atoms with Crippen molar-refractivity contribution in [1.29, 1.82) is 0 Å². The van der Waals surface area contributed by atoms with Gasteiger partial charge in [0.15, 0.2) is 0 Å². The number of aliphatic hydroxyl groups is 1. The van der Waals surface area contributed by atoms with E-state index in [0.717, 1.165) is 5.75 Å². The minimum absolute atomic E-state index is 0.489. The third-order valence-corrected chi connectivity index (χ3v) is 4.11. The van der Waals surface area contributed by atoms with Crippen LogP contribution < -0.4 is 5.32 Å². The lowest BCUT2D eigenvalue weighted by Gasteiger charge is -2.25. The van der Waals surface area contributed by atoms with Gasteiger partial charge in [0.25, 0.3) is 0 Å². The molecule has 2 N–H and O–H groups in total. The Morgan fingerprint density at radius 1 is 1.53 bits per heavy atom. The summed E-state index contributed by atoms with van der Waals surface area (Å²) in [6.07, 6.45) is 5.83. The molecule has 0 aromatic heterocycles. The zero-order chi connectivity index (χ0) is 11.5. The highest BCUT2D eigenvalue weighted by atomic mass is 32.2. The van der Waals surface area contributed by atoms with Crippen molar-refractivity contribution in [2.24, 2.45) is 5.41 Å². The molecule has 1 aliphatic carbocycles. The van der Waals surface area contributed by atoms with Crippen molar-refractivity contribution in [2.75, 3.05) is 18.6 Å². The zero-order valence-corrected chi connectivity index (χ0v) is 11.3. The molecule has 0 radical (unpaired) electrons. The van der Waals surface area contributed by atoms with E-state index in [-0.39, 0.29) is 0 Å². The molecule has 1 aliphatic rings. The molecule has 2 unspecified atom stereocenters. The number of hydrogen-bond acceptors (Lipinski definition) is 3. The van der Waals surface area contributed by atoms with Crippen LogP contribution in [0.5, 0.6) is 0 Å². The molecule has 2 atom stereocenters. The average Bonchev–Trinajstić information content (AvgIpc) is 2.42.